The van der Waals surface area contributed by atoms with Crippen LogP contribution in [-0.2, 0) is 0 Å². The van der Waals surface area contributed by atoms with Crippen LogP contribution < -0.4 is 10.6 Å². The summed E-state index contributed by atoms with van der Waals surface area (Å²) in [5, 5.41) is 19.0. The lowest BCUT2D eigenvalue weighted by Gasteiger charge is -2.12. The van der Waals surface area contributed by atoms with Crippen molar-refractivity contribution >= 4 is 22.1 Å². The Balaban J connectivity index is 2.22. The van der Waals surface area contributed by atoms with Crippen molar-refractivity contribution in [3.63, 3.8) is 0 Å². The minimum atomic E-state index is -0.381. The fraction of sp³-hybridized carbons (Fsp3) is 0.357. The van der Waals surface area contributed by atoms with Gasteiger partial charge in [0.2, 0.25) is 0 Å². The zero-order valence-corrected chi connectivity index (χ0v) is 11.6. The third-order valence-electron chi connectivity index (χ3n) is 2.98. The molecule has 6 heteroatoms. The first-order valence-electron chi connectivity index (χ1n) is 6.58. The maximum Gasteiger partial charge on any atom is 0.278 e. The predicted molar refractivity (Wildman–Crippen MR) is 80.0 cm³/mol. The smallest absolute Gasteiger partial charge is 0.278 e. The first kappa shape index (κ1) is 14.2. The molecule has 2 rings (SSSR count). The fourth-order valence-corrected chi connectivity index (χ4v) is 2.05. The molecule has 0 unspecified atom stereocenters. The summed E-state index contributed by atoms with van der Waals surface area (Å²) in [4.78, 5) is 14.6. The van der Waals surface area contributed by atoms with Crippen LogP contribution in [0, 0.1) is 10.1 Å². The van der Waals surface area contributed by atoms with Crippen molar-refractivity contribution in [3.05, 3.63) is 40.7 Å². The van der Waals surface area contributed by atoms with Gasteiger partial charge in [0.25, 0.3) is 5.69 Å². The van der Waals surface area contributed by atoms with Crippen LogP contribution in [0.3, 0.4) is 0 Å². The van der Waals surface area contributed by atoms with Crippen LogP contribution in [0.15, 0.2) is 30.6 Å². The van der Waals surface area contributed by atoms with E-state index < -0.39 is 0 Å². The average Bonchev–Trinajstić information content (AvgIpc) is 2.43. The number of hydrogen-bond acceptors (Lipinski definition) is 5. The summed E-state index contributed by atoms with van der Waals surface area (Å²) >= 11 is 0. The Morgan fingerprint density at radius 1 is 1.25 bits per heavy atom. The fourth-order valence-electron chi connectivity index (χ4n) is 2.05. The standard InChI is InChI=1S/C14H18N4O2/c1-10(2)16-7-8-17-13-3-4-14(18(19)20)12-9-15-6-5-11(12)13/h3-6,9-10,16-17H,7-8H2,1-2H3. The summed E-state index contributed by atoms with van der Waals surface area (Å²) in [6.45, 7) is 5.77. The van der Waals surface area contributed by atoms with Crippen LogP contribution in [-0.4, -0.2) is 29.0 Å². The summed E-state index contributed by atoms with van der Waals surface area (Å²) in [7, 11) is 0. The summed E-state index contributed by atoms with van der Waals surface area (Å²) in [5.41, 5.74) is 0.970. The normalized spacial score (nSPS) is 10.9. The number of anilines is 1. The number of fused-ring (bicyclic) bond motifs is 1. The zero-order valence-electron chi connectivity index (χ0n) is 11.6. The van der Waals surface area contributed by atoms with Gasteiger partial charge in [0, 0.05) is 48.7 Å². The van der Waals surface area contributed by atoms with Crippen molar-refractivity contribution in [2.24, 2.45) is 0 Å². The number of nitrogens with zero attached hydrogens (tertiary/aromatic N) is 2. The van der Waals surface area contributed by atoms with Gasteiger partial charge in [-0.1, -0.05) is 13.8 Å². The molecule has 106 valence electrons. The lowest BCUT2D eigenvalue weighted by Crippen LogP contribution is -2.28. The first-order valence-corrected chi connectivity index (χ1v) is 6.58. The molecular weight excluding hydrogens is 256 g/mol. The Hall–Kier alpha value is -2.21. The van der Waals surface area contributed by atoms with Crippen molar-refractivity contribution < 1.29 is 4.92 Å². The van der Waals surface area contributed by atoms with E-state index in [0.717, 1.165) is 24.2 Å². The SMILES string of the molecule is CC(C)NCCNc1ccc([N+](=O)[O-])c2cnccc12. The Labute approximate surface area is 117 Å². The molecule has 2 aromatic rings. The van der Waals surface area contributed by atoms with Crippen LogP contribution in [0.4, 0.5) is 11.4 Å². The molecule has 20 heavy (non-hydrogen) atoms. The van der Waals surface area contributed by atoms with Crippen LogP contribution in [0.2, 0.25) is 0 Å². The van der Waals surface area contributed by atoms with Crippen LogP contribution in [0.25, 0.3) is 10.8 Å². The van der Waals surface area contributed by atoms with E-state index >= 15 is 0 Å². The van der Waals surface area contributed by atoms with Gasteiger partial charge >= 0.3 is 0 Å². The highest BCUT2D eigenvalue weighted by atomic mass is 16.6. The van der Waals surface area contributed by atoms with Crippen molar-refractivity contribution in [2.75, 3.05) is 18.4 Å². The van der Waals surface area contributed by atoms with Gasteiger partial charge < -0.3 is 10.6 Å². The summed E-state index contributed by atoms with van der Waals surface area (Å²) in [6.07, 6.45) is 3.18. The molecule has 1 heterocycles. The van der Waals surface area contributed by atoms with Gasteiger partial charge in [-0.15, -0.1) is 0 Å². The number of nitrogens with one attached hydrogen (secondary N) is 2. The second-order valence-electron chi connectivity index (χ2n) is 4.85. The highest BCUT2D eigenvalue weighted by molar-refractivity contribution is 5.99. The topological polar surface area (TPSA) is 80.1 Å². The minimum absolute atomic E-state index is 0.0824. The third-order valence-corrected chi connectivity index (χ3v) is 2.98. The van der Waals surface area contributed by atoms with Gasteiger partial charge in [0.05, 0.1) is 10.3 Å². The molecule has 2 N–H and O–H groups in total. The van der Waals surface area contributed by atoms with Gasteiger partial charge in [-0.2, -0.15) is 0 Å². The van der Waals surface area contributed by atoms with Crippen molar-refractivity contribution in [3.8, 4) is 0 Å². The van der Waals surface area contributed by atoms with E-state index in [2.05, 4.69) is 29.5 Å². The van der Waals surface area contributed by atoms with Crippen LogP contribution in [0.5, 0.6) is 0 Å². The highest BCUT2D eigenvalue weighted by Crippen LogP contribution is 2.30. The number of nitro benzene ring substituents is 1. The molecule has 1 aromatic heterocycles. The zero-order chi connectivity index (χ0) is 14.5. The molecule has 0 amide bonds. The molecule has 0 bridgehead atoms. The molecule has 0 fully saturated rings. The van der Waals surface area contributed by atoms with Gasteiger partial charge in [0.1, 0.15) is 0 Å². The Kier molecular flexibility index (Phi) is 4.47. The number of hydrogen-bond donors (Lipinski definition) is 2. The minimum Gasteiger partial charge on any atom is -0.383 e. The molecule has 0 saturated carbocycles. The summed E-state index contributed by atoms with van der Waals surface area (Å²) in [6, 6.07) is 5.49. The van der Waals surface area contributed by atoms with Crippen molar-refractivity contribution in [1.29, 1.82) is 0 Å². The highest BCUT2D eigenvalue weighted by Gasteiger charge is 2.13. The van der Waals surface area contributed by atoms with E-state index in [1.54, 1.807) is 18.3 Å². The summed E-state index contributed by atoms with van der Waals surface area (Å²) in [5.74, 6) is 0. The Morgan fingerprint density at radius 3 is 2.75 bits per heavy atom. The number of aromatic nitrogens is 1. The van der Waals surface area contributed by atoms with E-state index in [9.17, 15) is 10.1 Å². The van der Waals surface area contributed by atoms with Crippen LogP contribution >= 0.6 is 0 Å². The molecule has 0 aliphatic heterocycles. The van der Waals surface area contributed by atoms with Crippen molar-refractivity contribution in [2.45, 2.75) is 19.9 Å². The molecule has 0 aliphatic carbocycles. The predicted octanol–water partition coefficient (Wildman–Crippen LogP) is 2.55. The molecule has 1 aromatic carbocycles. The molecular formula is C14H18N4O2. The van der Waals surface area contributed by atoms with Gasteiger partial charge in [-0.3, -0.25) is 15.1 Å². The maximum atomic E-state index is 11.0. The monoisotopic (exact) mass is 274 g/mol. The second kappa shape index (κ2) is 6.29. The lowest BCUT2D eigenvalue weighted by atomic mass is 10.1. The number of pyridine rings is 1. The molecule has 6 nitrogen and oxygen atoms in total. The Morgan fingerprint density at radius 2 is 2.05 bits per heavy atom. The van der Waals surface area contributed by atoms with E-state index in [4.69, 9.17) is 0 Å². The molecule has 0 radical (unpaired) electrons. The van der Waals surface area contributed by atoms with Crippen molar-refractivity contribution in [1.82, 2.24) is 10.3 Å². The molecule has 0 aliphatic rings. The summed E-state index contributed by atoms with van der Waals surface area (Å²) < 4.78 is 0. The molecule has 0 atom stereocenters. The maximum absolute atomic E-state index is 11.0. The van der Waals surface area contributed by atoms with Gasteiger partial charge in [-0.05, 0) is 12.1 Å². The van der Waals surface area contributed by atoms with Gasteiger partial charge in [-0.25, -0.2) is 0 Å². The van der Waals surface area contributed by atoms with E-state index in [-0.39, 0.29) is 10.6 Å². The van der Waals surface area contributed by atoms with Gasteiger partial charge in [0.15, 0.2) is 0 Å². The lowest BCUT2D eigenvalue weighted by molar-refractivity contribution is -0.383. The molecule has 0 saturated heterocycles. The third kappa shape index (κ3) is 3.21. The quantitative estimate of drug-likeness (QED) is 0.480. The average molecular weight is 274 g/mol. The number of rotatable bonds is 6. The number of benzene rings is 1. The van der Waals surface area contributed by atoms with E-state index in [1.807, 2.05) is 0 Å². The first-order chi connectivity index (χ1) is 9.59. The Bertz CT molecular complexity index is 613. The second-order valence-corrected chi connectivity index (χ2v) is 4.85. The van der Waals surface area contributed by atoms with Crippen LogP contribution in [0.1, 0.15) is 13.8 Å². The number of non-ortho nitro benzene ring substituents is 1. The molecule has 0 spiro atoms. The number of nitro groups is 1. The largest absolute Gasteiger partial charge is 0.383 e. The van der Waals surface area contributed by atoms with E-state index in [0.29, 0.717) is 11.4 Å². The van der Waals surface area contributed by atoms with E-state index in [1.165, 1.54) is 12.3 Å².